The summed E-state index contributed by atoms with van der Waals surface area (Å²) in [4.78, 5) is 21.6. The Bertz CT molecular complexity index is 775. The summed E-state index contributed by atoms with van der Waals surface area (Å²) in [6.07, 6.45) is 1.71. The highest BCUT2D eigenvalue weighted by atomic mass is 79.9. The SMILES string of the molecule is O=C(NCc1ccccn1)c1sc(Br)nc1-c1ccccc1. The maximum absolute atomic E-state index is 12.4. The minimum absolute atomic E-state index is 0.146. The van der Waals surface area contributed by atoms with Gasteiger partial charge in [-0.25, -0.2) is 4.98 Å². The van der Waals surface area contributed by atoms with E-state index in [1.807, 2.05) is 48.5 Å². The first-order valence-electron chi connectivity index (χ1n) is 6.64. The lowest BCUT2D eigenvalue weighted by Gasteiger charge is -2.05. The molecule has 0 aliphatic heterocycles. The average Bonchev–Trinajstić information content (AvgIpc) is 2.96. The maximum atomic E-state index is 12.4. The summed E-state index contributed by atoms with van der Waals surface area (Å²) >= 11 is 4.69. The minimum Gasteiger partial charge on any atom is -0.346 e. The highest BCUT2D eigenvalue weighted by molar-refractivity contribution is 9.11. The second kappa shape index (κ2) is 6.81. The topological polar surface area (TPSA) is 54.9 Å². The van der Waals surface area contributed by atoms with Crippen LogP contribution in [0.5, 0.6) is 0 Å². The van der Waals surface area contributed by atoms with Crippen molar-refractivity contribution in [3.63, 3.8) is 0 Å². The summed E-state index contributed by atoms with van der Waals surface area (Å²) in [6, 6.07) is 15.3. The lowest BCUT2D eigenvalue weighted by Crippen LogP contribution is -2.22. The molecule has 0 radical (unpaired) electrons. The Kier molecular flexibility index (Phi) is 4.60. The molecule has 0 aliphatic rings. The molecule has 0 unspecified atom stereocenters. The summed E-state index contributed by atoms with van der Waals surface area (Å²) < 4.78 is 0.689. The van der Waals surface area contributed by atoms with Gasteiger partial charge >= 0.3 is 0 Å². The van der Waals surface area contributed by atoms with Gasteiger partial charge in [-0.15, -0.1) is 11.3 Å². The molecule has 110 valence electrons. The number of carbonyl (C=O) groups is 1. The monoisotopic (exact) mass is 373 g/mol. The van der Waals surface area contributed by atoms with Crippen molar-refractivity contribution in [2.75, 3.05) is 0 Å². The molecule has 0 spiro atoms. The molecular formula is C16H12BrN3OS. The Labute approximate surface area is 140 Å². The molecule has 4 nitrogen and oxygen atoms in total. The van der Waals surface area contributed by atoms with Crippen LogP contribution in [0.1, 0.15) is 15.4 Å². The Hall–Kier alpha value is -2.05. The Morgan fingerprint density at radius 1 is 1.14 bits per heavy atom. The van der Waals surface area contributed by atoms with E-state index in [2.05, 4.69) is 31.2 Å². The van der Waals surface area contributed by atoms with E-state index in [4.69, 9.17) is 0 Å². The predicted octanol–water partition coefficient (Wildman–Crippen LogP) is 3.90. The summed E-state index contributed by atoms with van der Waals surface area (Å²) in [5.41, 5.74) is 2.43. The van der Waals surface area contributed by atoms with Crippen molar-refractivity contribution in [3.8, 4) is 11.3 Å². The van der Waals surface area contributed by atoms with E-state index in [1.165, 1.54) is 11.3 Å². The van der Waals surface area contributed by atoms with Gasteiger partial charge in [-0.05, 0) is 28.1 Å². The average molecular weight is 374 g/mol. The van der Waals surface area contributed by atoms with Gasteiger partial charge in [-0.2, -0.15) is 0 Å². The van der Waals surface area contributed by atoms with E-state index in [0.29, 0.717) is 21.0 Å². The number of halogens is 1. The van der Waals surface area contributed by atoms with Crippen LogP contribution in [0.2, 0.25) is 0 Å². The van der Waals surface area contributed by atoms with Crippen molar-refractivity contribution >= 4 is 33.2 Å². The van der Waals surface area contributed by atoms with E-state index in [-0.39, 0.29) is 5.91 Å². The fourth-order valence-electron chi connectivity index (χ4n) is 1.99. The highest BCUT2D eigenvalue weighted by Gasteiger charge is 2.18. The normalized spacial score (nSPS) is 10.4. The number of amides is 1. The zero-order chi connectivity index (χ0) is 15.4. The number of thiazole rings is 1. The summed E-state index contributed by atoms with van der Waals surface area (Å²) in [7, 11) is 0. The fraction of sp³-hybridized carbons (Fsp3) is 0.0625. The molecule has 0 bridgehead atoms. The minimum atomic E-state index is -0.146. The molecule has 22 heavy (non-hydrogen) atoms. The first-order valence-corrected chi connectivity index (χ1v) is 8.25. The molecule has 1 amide bonds. The molecule has 1 N–H and O–H groups in total. The van der Waals surface area contributed by atoms with Gasteiger partial charge < -0.3 is 5.32 Å². The van der Waals surface area contributed by atoms with Crippen LogP contribution in [0, 0.1) is 0 Å². The number of hydrogen-bond donors (Lipinski definition) is 1. The summed E-state index contributed by atoms with van der Waals surface area (Å²) in [6.45, 7) is 0.392. The second-order valence-corrected chi connectivity index (χ2v) is 6.79. The van der Waals surface area contributed by atoms with Crippen LogP contribution in [0.25, 0.3) is 11.3 Å². The lowest BCUT2D eigenvalue weighted by molar-refractivity contribution is 0.0955. The smallest absolute Gasteiger partial charge is 0.264 e. The Balaban J connectivity index is 1.81. The molecule has 0 aliphatic carbocycles. The number of nitrogens with one attached hydrogen (secondary N) is 1. The van der Waals surface area contributed by atoms with Gasteiger partial charge in [0.2, 0.25) is 0 Å². The number of rotatable bonds is 4. The van der Waals surface area contributed by atoms with Crippen LogP contribution < -0.4 is 5.32 Å². The van der Waals surface area contributed by atoms with E-state index in [0.717, 1.165) is 11.3 Å². The predicted molar refractivity (Wildman–Crippen MR) is 90.7 cm³/mol. The van der Waals surface area contributed by atoms with Crippen molar-refractivity contribution in [1.29, 1.82) is 0 Å². The molecule has 1 aromatic carbocycles. The van der Waals surface area contributed by atoms with Gasteiger partial charge in [0.05, 0.1) is 17.9 Å². The fourth-order valence-corrected chi connectivity index (χ4v) is 3.39. The van der Waals surface area contributed by atoms with Crippen LogP contribution in [-0.4, -0.2) is 15.9 Å². The Morgan fingerprint density at radius 3 is 2.64 bits per heavy atom. The maximum Gasteiger partial charge on any atom is 0.264 e. The Morgan fingerprint density at radius 2 is 1.91 bits per heavy atom. The summed E-state index contributed by atoms with van der Waals surface area (Å²) in [5, 5.41) is 2.89. The van der Waals surface area contributed by atoms with Gasteiger partial charge in [-0.1, -0.05) is 36.4 Å². The number of benzene rings is 1. The van der Waals surface area contributed by atoms with Crippen molar-refractivity contribution in [2.24, 2.45) is 0 Å². The number of hydrogen-bond acceptors (Lipinski definition) is 4. The number of nitrogens with zero attached hydrogens (tertiary/aromatic N) is 2. The van der Waals surface area contributed by atoms with E-state index in [9.17, 15) is 4.79 Å². The lowest BCUT2D eigenvalue weighted by atomic mass is 10.1. The quantitative estimate of drug-likeness (QED) is 0.754. The third-order valence-corrected chi connectivity index (χ3v) is 4.52. The van der Waals surface area contributed by atoms with Gasteiger partial charge in [0.1, 0.15) is 4.88 Å². The van der Waals surface area contributed by atoms with Crippen LogP contribution in [0.4, 0.5) is 0 Å². The number of pyridine rings is 1. The molecule has 6 heteroatoms. The third kappa shape index (κ3) is 3.40. The third-order valence-electron chi connectivity index (χ3n) is 3.01. The van der Waals surface area contributed by atoms with Crippen LogP contribution in [-0.2, 0) is 6.54 Å². The van der Waals surface area contributed by atoms with Gasteiger partial charge in [0.15, 0.2) is 3.92 Å². The van der Waals surface area contributed by atoms with E-state index >= 15 is 0 Å². The summed E-state index contributed by atoms with van der Waals surface area (Å²) in [5.74, 6) is -0.146. The van der Waals surface area contributed by atoms with E-state index in [1.54, 1.807) is 6.20 Å². The molecule has 3 rings (SSSR count). The van der Waals surface area contributed by atoms with Gasteiger partial charge in [0.25, 0.3) is 5.91 Å². The highest BCUT2D eigenvalue weighted by Crippen LogP contribution is 2.30. The standard InChI is InChI=1S/C16H12BrN3OS/c17-16-20-13(11-6-2-1-3-7-11)14(22-16)15(21)19-10-12-8-4-5-9-18-12/h1-9H,10H2,(H,19,21). The van der Waals surface area contributed by atoms with E-state index < -0.39 is 0 Å². The van der Waals surface area contributed by atoms with Crippen molar-refractivity contribution in [3.05, 3.63) is 69.2 Å². The molecular weight excluding hydrogens is 362 g/mol. The zero-order valence-corrected chi connectivity index (χ0v) is 13.9. The molecule has 0 atom stereocenters. The van der Waals surface area contributed by atoms with Crippen molar-refractivity contribution < 1.29 is 4.79 Å². The largest absolute Gasteiger partial charge is 0.346 e. The van der Waals surface area contributed by atoms with Gasteiger partial charge in [-0.3, -0.25) is 9.78 Å². The number of carbonyl (C=O) groups excluding carboxylic acids is 1. The number of aromatic nitrogens is 2. The van der Waals surface area contributed by atoms with Crippen molar-refractivity contribution in [2.45, 2.75) is 6.54 Å². The first kappa shape index (κ1) is 14.9. The first-order chi connectivity index (χ1) is 10.7. The zero-order valence-electron chi connectivity index (χ0n) is 11.5. The van der Waals surface area contributed by atoms with Crippen LogP contribution in [0.15, 0.2) is 58.6 Å². The van der Waals surface area contributed by atoms with Gasteiger partial charge in [0, 0.05) is 11.8 Å². The van der Waals surface area contributed by atoms with Crippen LogP contribution >= 0.6 is 27.3 Å². The molecule has 0 fully saturated rings. The van der Waals surface area contributed by atoms with Crippen molar-refractivity contribution in [1.82, 2.24) is 15.3 Å². The molecule has 0 saturated carbocycles. The second-order valence-electron chi connectivity index (χ2n) is 4.51. The molecule has 2 heterocycles. The molecule has 2 aromatic heterocycles. The van der Waals surface area contributed by atoms with Crippen LogP contribution in [0.3, 0.4) is 0 Å². The molecule has 3 aromatic rings. The molecule has 0 saturated heterocycles.